The number of nitrogens with zero attached hydrogens (tertiary/aromatic N) is 3. The SMILES string of the molecule is CC(N)(C(=O)N(CCC#N)CCC#N)C(F)(F)F. The van der Waals surface area contributed by atoms with Crippen LogP contribution in [0.25, 0.3) is 0 Å². The van der Waals surface area contributed by atoms with Gasteiger partial charge in [-0.25, -0.2) is 0 Å². The van der Waals surface area contributed by atoms with Crippen LogP contribution in [0.1, 0.15) is 19.8 Å². The number of hydrogen-bond acceptors (Lipinski definition) is 4. The quantitative estimate of drug-likeness (QED) is 0.797. The molecule has 2 N–H and O–H groups in total. The van der Waals surface area contributed by atoms with E-state index in [1.165, 1.54) is 0 Å². The lowest BCUT2D eigenvalue weighted by atomic mass is 10.0. The number of halogens is 3. The molecule has 0 spiro atoms. The summed E-state index contributed by atoms with van der Waals surface area (Å²) in [5.41, 5.74) is 1.98. The average molecular weight is 262 g/mol. The number of nitriles is 2. The Bertz CT molecular complexity index is 360. The van der Waals surface area contributed by atoms with Crippen molar-refractivity contribution in [2.45, 2.75) is 31.5 Å². The first kappa shape index (κ1) is 16.2. The third-order valence-corrected chi connectivity index (χ3v) is 2.31. The molecule has 0 aliphatic rings. The van der Waals surface area contributed by atoms with E-state index in [9.17, 15) is 18.0 Å². The summed E-state index contributed by atoms with van der Waals surface area (Å²) in [4.78, 5) is 12.5. The molecule has 0 bridgehead atoms. The van der Waals surface area contributed by atoms with Crippen molar-refractivity contribution < 1.29 is 18.0 Å². The lowest BCUT2D eigenvalue weighted by molar-refractivity contribution is -0.193. The molecule has 0 fully saturated rings. The van der Waals surface area contributed by atoms with Crippen molar-refractivity contribution in [2.24, 2.45) is 5.73 Å². The van der Waals surface area contributed by atoms with Crippen molar-refractivity contribution >= 4 is 5.91 Å². The molecular weight excluding hydrogens is 249 g/mol. The van der Waals surface area contributed by atoms with E-state index < -0.39 is 17.6 Å². The fourth-order valence-electron chi connectivity index (χ4n) is 1.13. The molecule has 0 saturated carbocycles. The zero-order chi connectivity index (χ0) is 14.4. The van der Waals surface area contributed by atoms with Gasteiger partial charge in [0.05, 0.1) is 25.0 Å². The number of alkyl halides is 3. The molecule has 0 saturated heterocycles. The van der Waals surface area contributed by atoms with Gasteiger partial charge in [-0.1, -0.05) is 0 Å². The molecule has 100 valence electrons. The van der Waals surface area contributed by atoms with Crippen LogP contribution in [-0.2, 0) is 4.79 Å². The predicted molar refractivity (Wildman–Crippen MR) is 55.7 cm³/mol. The highest BCUT2D eigenvalue weighted by molar-refractivity contribution is 5.86. The minimum Gasteiger partial charge on any atom is -0.339 e. The second kappa shape index (κ2) is 6.22. The van der Waals surface area contributed by atoms with Gasteiger partial charge in [-0.15, -0.1) is 0 Å². The standard InChI is InChI=1S/C10H13F3N4O/c1-9(16,10(11,12)13)8(18)17(6-2-4-14)7-3-5-15/h2-3,6-7,16H2,1H3. The first-order valence-electron chi connectivity index (χ1n) is 5.07. The van der Waals surface area contributed by atoms with Gasteiger partial charge in [0, 0.05) is 13.1 Å². The van der Waals surface area contributed by atoms with E-state index in [2.05, 4.69) is 0 Å². The number of nitrogens with two attached hydrogens (primary N) is 1. The minimum absolute atomic E-state index is 0.120. The highest BCUT2D eigenvalue weighted by Crippen LogP contribution is 2.29. The van der Waals surface area contributed by atoms with Crippen molar-refractivity contribution in [3.63, 3.8) is 0 Å². The molecule has 0 aromatic heterocycles. The van der Waals surface area contributed by atoms with Gasteiger partial charge in [-0.05, 0) is 6.92 Å². The van der Waals surface area contributed by atoms with Gasteiger partial charge in [0.15, 0.2) is 5.54 Å². The van der Waals surface area contributed by atoms with Crippen LogP contribution in [-0.4, -0.2) is 35.6 Å². The number of hydrogen-bond donors (Lipinski definition) is 1. The van der Waals surface area contributed by atoms with Crippen LogP contribution in [0.4, 0.5) is 13.2 Å². The van der Waals surface area contributed by atoms with Crippen molar-refractivity contribution in [2.75, 3.05) is 13.1 Å². The van der Waals surface area contributed by atoms with Gasteiger partial charge in [0.2, 0.25) is 0 Å². The van der Waals surface area contributed by atoms with Crippen molar-refractivity contribution in [1.29, 1.82) is 10.5 Å². The third-order valence-electron chi connectivity index (χ3n) is 2.31. The minimum atomic E-state index is -4.89. The van der Waals surface area contributed by atoms with E-state index in [1.807, 2.05) is 0 Å². The molecule has 1 amide bonds. The summed E-state index contributed by atoms with van der Waals surface area (Å²) in [5, 5.41) is 16.8. The zero-order valence-corrected chi connectivity index (χ0v) is 9.79. The fourth-order valence-corrected chi connectivity index (χ4v) is 1.13. The van der Waals surface area contributed by atoms with Crippen LogP contribution < -0.4 is 5.73 Å². The molecule has 8 heteroatoms. The molecule has 0 heterocycles. The lowest BCUT2D eigenvalue weighted by Gasteiger charge is -2.32. The van der Waals surface area contributed by atoms with Gasteiger partial charge in [-0.2, -0.15) is 23.7 Å². The second-order valence-electron chi connectivity index (χ2n) is 3.81. The Balaban J connectivity index is 4.96. The summed E-state index contributed by atoms with van der Waals surface area (Å²) >= 11 is 0. The van der Waals surface area contributed by atoms with E-state index in [-0.39, 0.29) is 25.9 Å². The number of carbonyl (C=O) groups excluding carboxylic acids is 1. The Kier molecular flexibility index (Phi) is 5.60. The molecular formula is C10H13F3N4O. The monoisotopic (exact) mass is 262 g/mol. The maximum Gasteiger partial charge on any atom is 0.415 e. The Morgan fingerprint density at radius 3 is 1.89 bits per heavy atom. The summed E-state index contributed by atoms with van der Waals surface area (Å²) < 4.78 is 37.8. The molecule has 0 aromatic carbocycles. The number of amides is 1. The highest BCUT2D eigenvalue weighted by Gasteiger charge is 2.55. The van der Waals surface area contributed by atoms with Crippen molar-refractivity contribution in [1.82, 2.24) is 4.90 Å². The smallest absolute Gasteiger partial charge is 0.339 e. The van der Waals surface area contributed by atoms with Crippen LogP contribution >= 0.6 is 0 Å². The summed E-state index contributed by atoms with van der Waals surface area (Å²) in [7, 11) is 0. The van der Waals surface area contributed by atoms with Crippen LogP contribution in [0.3, 0.4) is 0 Å². The molecule has 0 aromatic rings. The third kappa shape index (κ3) is 3.90. The Morgan fingerprint density at radius 2 is 1.61 bits per heavy atom. The highest BCUT2D eigenvalue weighted by atomic mass is 19.4. The lowest BCUT2D eigenvalue weighted by Crippen LogP contribution is -2.62. The van der Waals surface area contributed by atoms with E-state index in [1.54, 1.807) is 12.1 Å². The van der Waals surface area contributed by atoms with E-state index >= 15 is 0 Å². The van der Waals surface area contributed by atoms with Gasteiger partial charge < -0.3 is 10.6 Å². The Labute approximate surface area is 103 Å². The van der Waals surface area contributed by atoms with Gasteiger partial charge in [0.25, 0.3) is 5.91 Å². The fraction of sp³-hybridized carbons (Fsp3) is 0.700. The number of carbonyl (C=O) groups is 1. The molecule has 0 radical (unpaired) electrons. The molecule has 0 aliphatic heterocycles. The largest absolute Gasteiger partial charge is 0.415 e. The molecule has 1 atom stereocenters. The Hall–Kier alpha value is -1.80. The van der Waals surface area contributed by atoms with Crippen LogP contribution in [0.15, 0.2) is 0 Å². The normalized spacial score (nSPS) is 14.2. The topological polar surface area (TPSA) is 93.9 Å². The maximum absolute atomic E-state index is 12.6. The molecule has 0 aliphatic carbocycles. The maximum atomic E-state index is 12.6. The average Bonchev–Trinajstić information content (AvgIpc) is 2.27. The van der Waals surface area contributed by atoms with Gasteiger partial charge in [-0.3, -0.25) is 4.79 Å². The Morgan fingerprint density at radius 1 is 1.22 bits per heavy atom. The first-order chi connectivity index (χ1) is 8.18. The van der Waals surface area contributed by atoms with Crippen molar-refractivity contribution in [3.8, 4) is 12.1 Å². The number of rotatable bonds is 5. The summed E-state index contributed by atoms with van der Waals surface area (Å²) in [5.74, 6) is -1.33. The predicted octanol–water partition coefficient (Wildman–Crippen LogP) is 0.922. The summed E-state index contributed by atoms with van der Waals surface area (Å²) in [6.07, 6.45) is -5.13. The molecule has 5 nitrogen and oxygen atoms in total. The second-order valence-corrected chi connectivity index (χ2v) is 3.81. The van der Waals surface area contributed by atoms with Crippen LogP contribution in [0.2, 0.25) is 0 Å². The summed E-state index contributed by atoms with van der Waals surface area (Å²) in [6, 6.07) is 3.44. The molecule has 0 rings (SSSR count). The van der Waals surface area contributed by atoms with E-state index in [0.717, 1.165) is 4.90 Å². The van der Waals surface area contributed by atoms with E-state index in [4.69, 9.17) is 16.3 Å². The van der Waals surface area contributed by atoms with Crippen LogP contribution in [0, 0.1) is 22.7 Å². The molecule has 1 unspecified atom stereocenters. The summed E-state index contributed by atoms with van der Waals surface area (Å²) in [6.45, 7) is 0.209. The first-order valence-corrected chi connectivity index (χ1v) is 5.07. The van der Waals surface area contributed by atoms with Gasteiger partial charge >= 0.3 is 6.18 Å². The zero-order valence-electron chi connectivity index (χ0n) is 9.79. The van der Waals surface area contributed by atoms with Crippen molar-refractivity contribution in [3.05, 3.63) is 0 Å². The van der Waals surface area contributed by atoms with Crippen LogP contribution in [0.5, 0.6) is 0 Å². The van der Waals surface area contributed by atoms with Gasteiger partial charge in [0.1, 0.15) is 0 Å². The molecule has 18 heavy (non-hydrogen) atoms. The van der Waals surface area contributed by atoms with E-state index in [0.29, 0.717) is 6.92 Å².